The maximum atomic E-state index is 11.9. The highest BCUT2D eigenvalue weighted by molar-refractivity contribution is 7.80. The molecule has 0 aliphatic rings. The molecule has 1 aromatic carbocycles. The minimum absolute atomic E-state index is 0.125. The third-order valence-corrected chi connectivity index (χ3v) is 3.06. The number of aromatic nitrogens is 1. The van der Waals surface area contributed by atoms with Crippen molar-refractivity contribution in [3.8, 4) is 5.75 Å². The van der Waals surface area contributed by atoms with Crippen LogP contribution in [-0.2, 0) is 6.54 Å². The second-order valence-corrected chi connectivity index (χ2v) is 5.02. The summed E-state index contributed by atoms with van der Waals surface area (Å²) in [7, 11) is 1.63. The molecule has 1 aromatic heterocycles. The summed E-state index contributed by atoms with van der Waals surface area (Å²) >= 11 is 4.80. The van der Waals surface area contributed by atoms with E-state index < -0.39 is 0 Å². The lowest BCUT2D eigenvalue weighted by Crippen LogP contribution is -2.25. The molecule has 0 radical (unpaired) electrons. The van der Waals surface area contributed by atoms with Crippen molar-refractivity contribution in [3.63, 3.8) is 0 Å². The van der Waals surface area contributed by atoms with E-state index in [1.165, 1.54) is 4.57 Å². The van der Waals surface area contributed by atoms with Gasteiger partial charge in [-0.25, -0.2) is 0 Å². The monoisotopic (exact) mass is 300 g/mol. The molecular weight excluding hydrogens is 284 g/mol. The lowest BCUT2D eigenvalue weighted by molar-refractivity contribution is 0.415. The maximum absolute atomic E-state index is 11.9. The summed E-state index contributed by atoms with van der Waals surface area (Å²) in [5.74, 6) is 0.813. The molecule has 0 spiro atoms. The standard InChI is InChI=1S/C16H16N2O2S/c1-20-14-6-4-12(5-7-14)2-3-13-8-9-18(11-15(17)21)16(19)10-13/h2-10H,11H2,1H3,(H2,17,21)/b3-2+. The van der Waals surface area contributed by atoms with Crippen LogP contribution >= 0.6 is 12.2 Å². The van der Waals surface area contributed by atoms with Gasteiger partial charge < -0.3 is 15.0 Å². The molecule has 0 saturated heterocycles. The van der Waals surface area contributed by atoms with Crippen LogP contribution in [0.2, 0.25) is 0 Å². The average molecular weight is 300 g/mol. The van der Waals surface area contributed by atoms with Gasteiger partial charge in [-0.1, -0.05) is 36.5 Å². The number of benzene rings is 1. The summed E-state index contributed by atoms with van der Waals surface area (Å²) in [4.78, 5) is 12.2. The number of hydrogen-bond donors (Lipinski definition) is 1. The summed E-state index contributed by atoms with van der Waals surface area (Å²) in [5.41, 5.74) is 7.17. The lowest BCUT2D eigenvalue weighted by Gasteiger charge is -2.04. The highest BCUT2D eigenvalue weighted by Crippen LogP contribution is 2.13. The Balaban J connectivity index is 2.15. The van der Waals surface area contributed by atoms with Gasteiger partial charge in [-0.05, 0) is 29.3 Å². The van der Waals surface area contributed by atoms with Crippen LogP contribution in [0.4, 0.5) is 0 Å². The van der Waals surface area contributed by atoms with Gasteiger partial charge in [0.05, 0.1) is 18.6 Å². The van der Waals surface area contributed by atoms with Crippen LogP contribution in [-0.4, -0.2) is 16.7 Å². The Labute approximate surface area is 128 Å². The quantitative estimate of drug-likeness (QED) is 0.861. The summed E-state index contributed by atoms with van der Waals surface area (Å²) in [5, 5.41) is 0. The smallest absolute Gasteiger partial charge is 0.251 e. The molecule has 1 heterocycles. The highest BCUT2D eigenvalue weighted by Gasteiger charge is 1.98. The molecule has 2 rings (SSSR count). The number of hydrogen-bond acceptors (Lipinski definition) is 3. The zero-order chi connectivity index (χ0) is 15.2. The second kappa shape index (κ2) is 6.85. The van der Waals surface area contributed by atoms with E-state index in [9.17, 15) is 4.79 Å². The number of methoxy groups -OCH3 is 1. The molecule has 5 heteroatoms. The zero-order valence-electron chi connectivity index (χ0n) is 11.7. The number of ether oxygens (including phenoxy) is 1. The van der Waals surface area contributed by atoms with Crippen molar-refractivity contribution >= 4 is 29.4 Å². The molecular formula is C16H16N2O2S. The first-order valence-electron chi connectivity index (χ1n) is 6.39. The molecule has 0 fully saturated rings. The Kier molecular flexibility index (Phi) is 4.90. The fourth-order valence-corrected chi connectivity index (χ4v) is 1.97. The number of pyridine rings is 1. The molecule has 2 N–H and O–H groups in total. The molecule has 0 aliphatic carbocycles. The van der Waals surface area contributed by atoms with E-state index in [0.29, 0.717) is 4.99 Å². The van der Waals surface area contributed by atoms with E-state index in [1.807, 2.05) is 42.5 Å². The molecule has 0 aliphatic heterocycles. The van der Waals surface area contributed by atoms with Crippen LogP contribution in [0.5, 0.6) is 5.75 Å². The topological polar surface area (TPSA) is 57.2 Å². The van der Waals surface area contributed by atoms with Gasteiger partial charge in [-0.2, -0.15) is 0 Å². The maximum Gasteiger partial charge on any atom is 0.251 e. The molecule has 0 unspecified atom stereocenters. The van der Waals surface area contributed by atoms with Gasteiger partial charge in [0.2, 0.25) is 0 Å². The number of nitrogens with two attached hydrogens (primary N) is 1. The normalized spacial score (nSPS) is 10.7. The molecule has 0 atom stereocenters. The Bertz CT molecular complexity index is 718. The van der Waals surface area contributed by atoms with Gasteiger partial charge in [0.15, 0.2) is 0 Å². The minimum Gasteiger partial charge on any atom is -0.497 e. The summed E-state index contributed by atoms with van der Waals surface area (Å²) < 4.78 is 6.58. The molecule has 0 bridgehead atoms. The van der Waals surface area contributed by atoms with Gasteiger partial charge in [0.1, 0.15) is 5.75 Å². The predicted octanol–water partition coefficient (Wildman–Crippen LogP) is 2.31. The molecule has 0 saturated carbocycles. The largest absolute Gasteiger partial charge is 0.497 e. The molecule has 0 amide bonds. The van der Waals surface area contributed by atoms with Crippen molar-refractivity contribution in [2.45, 2.75) is 6.54 Å². The SMILES string of the molecule is COc1ccc(/C=C/c2ccn(CC(N)=S)c(=O)c2)cc1. The Hall–Kier alpha value is -2.40. The Morgan fingerprint density at radius 1 is 1.24 bits per heavy atom. The summed E-state index contributed by atoms with van der Waals surface area (Å²) in [6.45, 7) is 0.261. The van der Waals surface area contributed by atoms with E-state index in [1.54, 1.807) is 19.4 Å². The van der Waals surface area contributed by atoms with Crippen molar-refractivity contribution in [3.05, 3.63) is 64.1 Å². The van der Waals surface area contributed by atoms with Crippen LogP contribution in [0.15, 0.2) is 47.4 Å². The van der Waals surface area contributed by atoms with E-state index in [-0.39, 0.29) is 12.1 Å². The first-order valence-corrected chi connectivity index (χ1v) is 6.80. The van der Waals surface area contributed by atoms with E-state index in [4.69, 9.17) is 22.7 Å². The lowest BCUT2D eigenvalue weighted by atomic mass is 10.1. The van der Waals surface area contributed by atoms with Gasteiger partial charge in [-0.15, -0.1) is 0 Å². The fourth-order valence-electron chi connectivity index (χ4n) is 1.83. The van der Waals surface area contributed by atoms with Gasteiger partial charge in [0.25, 0.3) is 5.56 Å². The van der Waals surface area contributed by atoms with Crippen LogP contribution in [0.1, 0.15) is 11.1 Å². The van der Waals surface area contributed by atoms with Crippen molar-refractivity contribution < 1.29 is 4.74 Å². The number of thiocarbonyl (C=S) groups is 1. The Morgan fingerprint density at radius 2 is 1.90 bits per heavy atom. The van der Waals surface area contributed by atoms with E-state index >= 15 is 0 Å². The molecule has 108 valence electrons. The zero-order valence-corrected chi connectivity index (χ0v) is 12.5. The highest BCUT2D eigenvalue weighted by atomic mass is 32.1. The number of rotatable bonds is 5. The minimum atomic E-state index is -0.125. The van der Waals surface area contributed by atoms with Gasteiger partial charge in [0, 0.05) is 12.3 Å². The van der Waals surface area contributed by atoms with Crippen LogP contribution in [0.25, 0.3) is 12.2 Å². The van der Waals surface area contributed by atoms with Crippen LogP contribution < -0.4 is 16.0 Å². The summed E-state index contributed by atoms with van der Waals surface area (Å²) in [6.07, 6.45) is 5.51. The fraction of sp³-hybridized carbons (Fsp3) is 0.125. The number of nitrogens with zero attached hydrogens (tertiary/aromatic N) is 1. The van der Waals surface area contributed by atoms with Crippen LogP contribution in [0, 0.1) is 0 Å². The third-order valence-electron chi connectivity index (χ3n) is 2.93. The second-order valence-electron chi connectivity index (χ2n) is 4.50. The first-order chi connectivity index (χ1) is 10.1. The van der Waals surface area contributed by atoms with Crippen molar-refractivity contribution in [1.29, 1.82) is 0 Å². The van der Waals surface area contributed by atoms with Crippen molar-refractivity contribution in [1.82, 2.24) is 4.57 Å². The van der Waals surface area contributed by atoms with Crippen molar-refractivity contribution in [2.75, 3.05) is 7.11 Å². The van der Waals surface area contributed by atoms with Gasteiger partial charge >= 0.3 is 0 Å². The predicted molar refractivity (Wildman–Crippen MR) is 89.4 cm³/mol. The third kappa shape index (κ3) is 4.29. The van der Waals surface area contributed by atoms with E-state index in [0.717, 1.165) is 16.9 Å². The average Bonchev–Trinajstić information content (AvgIpc) is 2.48. The molecule has 4 nitrogen and oxygen atoms in total. The van der Waals surface area contributed by atoms with Crippen molar-refractivity contribution in [2.24, 2.45) is 5.73 Å². The molecule has 21 heavy (non-hydrogen) atoms. The Morgan fingerprint density at radius 3 is 2.48 bits per heavy atom. The van der Waals surface area contributed by atoms with Crippen LogP contribution in [0.3, 0.4) is 0 Å². The van der Waals surface area contributed by atoms with E-state index in [2.05, 4.69) is 0 Å². The first kappa shape index (κ1) is 15.0. The molecule has 2 aromatic rings. The van der Waals surface area contributed by atoms with Gasteiger partial charge in [-0.3, -0.25) is 4.79 Å². The summed E-state index contributed by atoms with van der Waals surface area (Å²) in [6, 6.07) is 11.1.